The molecule has 0 saturated carbocycles. The molecule has 0 heterocycles. The van der Waals surface area contributed by atoms with Crippen LogP contribution in [0.15, 0.2) is 60.7 Å². The molecule has 0 bridgehead atoms. The minimum absolute atomic E-state index is 0.312. The Morgan fingerprint density at radius 1 is 0.792 bits per heavy atom. The zero-order chi connectivity index (χ0) is 18.2. The van der Waals surface area contributed by atoms with Crippen molar-refractivity contribution in [3.8, 4) is 0 Å². The molecule has 0 aliphatic carbocycles. The largest absolute Gasteiger partial charge is 0.395 e. The molecule has 132 valence electrons. The highest BCUT2D eigenvalue weighted by molar-refractivity contribution is 7.86. The lowest BCUT2D eigenvalue weighted by molar-refractivity contribution is 0.285. The summed E-state index contributed by atoms with van der Waals surface area (Å²) in [6.45, 7) is -0.622. The highest BCUT2D eigenvalue weighted by atomic mass is 32.2. The normalized spacial score (nSPS) is 12.8. The summed E-state index contributed by atoms with van der Waals surface area (Å²) in [5.74, 6) is -0.312. The number of hydrogen-bond acceptors (Lipinski definition) is 5. The van der Waals surface area contributed by atoms with Gasteiger partial charge in [-0.3, -0.25) is 9.11 Å². The fourth-order valence-electron chi connectivity index (χ4n) is 1.82. The second kappa shape index (κ2) is 8.90. The summed E-state index contributed by atoms with van der Waals surface area (Å²) in [6.07, 6.45) is 0. The van der Waals surface area contributed by atoms with Crippen LogP contribution in [0.25, 0.3) is 0 Å². The van der Waals surface area contributed by atoms with E-state index in [9.17, 15) is 16.8 Å². The van der Waals surface area contributed by atoms with Crippen LogP contribution < -0.4 is 0 Å². The lowest BCUT2D eigenvalue weighted by Crippen LogP contribution is -2.15. The molecule has 0 aliphatic rings. The van der Waals surface area contributed by atoms with Crippen LogP contribution in [0.3, 0.4) is 0 Å². The Bertz CT molecular complexity index is 817. The molecule has 7 nitrogen and oxygen atoms in total. The SMILES string of the molecule is O=S(=O)(O)Cc1ccccc1.O=S(=O)(O)[C@@H](CO)c1ccccc1. The summed E-state index contributed by atoms with van der Waals surface area (Å²) in [5.41, 5.74) is 0.975. The fourth-order valence-corrected chi connectivity index (χ4v) is 3.13. The highest BCUT2D eigenvalue weighted by Gasteiger charge is 2.23. The van der Waals surface area contributed by atoms with Gasteiger partial charge in [-0.2, -0.15) is 16.8 Å². The topological polar surface area (TPSA) is 129 Å². The van der Waals surface area contributed by atoms with Crippen molar-refractivity contribution in [2.75, 3.05) is 6.61 Å². The number of hydrogen-bond donors (Lipinski definition) is 3. The molecule has 2 rings (SSSR count). The van der Waals surface area contributed by atoms with Gasteiger partial charge in [-0.1, -0.05) is 60.7 Å². The molecule has 0 fully saturated rings. The second-order valence-electron chi connectivity index (χ2n) is 4.81. The molecule has 0 radical (unpaired) electrons. The van der Waals surface area contributed by atoms with Crippen molar-refractivity contribution in [2.24, 2.45) is 0 Å². The Labute approximate surface area is 141 Å². The van der Waals surface area contributed by atoms with Gasteiger partial charge in [0, 0.05) is 0 Å². The summed E-state index contributed by atoms with van der Waals surface area (Å²) < 4.78 is 59.4. The predicted molar refractivity (Wildman–Crippen MR) is 89.5 cm³/mol. The van der Waals surface area contributed by atoms with Gasteiger partial charge < -0.3 is 5.11 Å². The molecule has 0 spiro atoms. The van der Waals surface area contributed by atoms with Gasteiger partial charge in [0.25, 0.3) is 20.2 Å². The maximum absolute atomic E-state index is 10.8. The van der Waals surface area contributed by atoms with E-state index in [1.165, 1.54) is 12.1 Å². The van der Waals surface area contributed by atoms with E-state index in [1.54, 1.807) is 48.5 Å². The third-order valence-electron chi connectivity index (χ3n) is 2.89. The average molecular weight is 374 g/mol. The molecule has 2 aromatic carbocycles. The van der Waals surface area contributed by atoms with Crippen LogP contribution in [0.5, 0.6) is 0 Å². The number of aliphatic hydroxyl groups is 1. The van der Waals surface area contributed by atoms with Crippen LogP contribution in [-0.2, 0) is 26.0 Å². The third-order valence-corrected chi connectivity index (χ3v) is 4.73. The first kappa shape index (κ1) is 20.3. The molecular weight excluding hydrogens is 356 g/mol. The van der Waals surface area contributed by atoms with Crippen molar-refractivity contribution in [1.29, 1.82) is 0 Å². The van der Waals surface area contributed by atoms with Crippen LogP contribution in [0.4, 0.5) is 0 Å². The van der Waals surface area contributed by atoms with Gasteiger partial charge in [0.05, 0.1) is 6.61 Å². The summed E-state index contributed by atoms with van der Waals surface area (Å²) in [6, 6.07) is 16.6. The number of aliphatic hydroxyl groups excluding tert-OH is 1. The van der Waals surface area contributed by atoms with Gasteiger partial charge >= 0.3 is 0 Å². The Balaban J connectivity index is 0.000000243. The highest BCUT2D eigenvalue weighted by Crippen LogP contribution is 2.19. The number of rotatable bonds is 5. The first-order chi connectivity index (χ1) is 11.1. The van der Waals surface area contributed by atoms with Crippen LogP contribution in [-0.4, -0.2) is 37.7 Å². The molecule has 0 saturated heterocycles. The summed E-state index contributed by atoms with van der Waals surface area (Å²) in [4.78, 5) is 0. The quantitative estimate of drug-likeness (QED) is 0.679. The molecule has 1 atom stereocenters. The maximum atomic E-state index is 10.8. The smallest absolute Gasteiger partial charge is 0.274 e. The molecule has 9 heteroatoms. The zero-order valence-corrected chi connectivity index (χ0v) is 14.2. The van der Waals surface area contributed by atoms with Crippen LogP contribution in [0, 0.1) is 0 Å². The maximum Gasteiger partial charge on any atom is 0.274 e. The van der Waals surface area contributed by atoms with E-state index >= 15 is 0 Å². The zero-order valence-electron chi connectivity index (χ0n) is 12.6. The first-order valence-electron chi connectivity index (χ1n) is 6.74. The van der Waals surface area contributed by atoms with Crippen molar-refractivity contribution in [1.82, 2.24) is 0 Å². The average Bonchev–Trinajstić information content (AvgIpc) is 2.47. The number of benzene rings is 2. The summed E-state index contributed by atoms with van der Waals surface area (Å²) in [7, 11) is -8.10. The Kier molecular flexibility index (Phi) is 7.52. The summed E-state index contributed by atoms with van der Waals surface area (Å²) in [5, 5.41) is 7.53. The van der Waals surface area contributed by atoms with Gasteiger partial charge in [-0.25, -0.2) is 0 Å². The Hall–Kier alpha value is -1.78. The molecule has 0 amide bonds. The van der Waals surface area contributed by atoms with Crippen LogP contribution in [0.2, 0.25) is 0 Å². The Morgan fingerprint density at radius 3 is 1.62 bits per heavy atom. The lowest BCUT2D eigenvalue weighted by atomic mass is 10.2. The molecule has 3 N–H and O–H groups in total. The molecule has 0 unspecified atom stereocenters. The van der Waals surface area contributed by atoms with E-state index in [0.29, 0.717) is 11.1 Å². The molecule has 0 aliphatic heterocycles. The Morgan fingerprint density at radius 2 is 1.25 bits per heavy atom. The van der Waals surface area contributed by atoms with Gasteiger partial charge in [0.1, 0.15) is 11.0 Å². The minimum atomic E-state index is -4.22. The molecular formula is C15H18O7S2. The van der Waals surface area contributed by atoms with Crippen molar-refractivity contribution >= 4 is 20.2 Å². The van der Waals surface area contributed by atoms with E-state index < -0.39 is 32.1 Å². The van der Waals surface area contributed by atoms with Gasteiger partial charge in [0.2, 0.25) is 0 Å². The molecule has 0 aromatic heterocycles. The van der Waals surface area contributed by atoms with E-state index in [0.717, 1.165) is 0 Å². The van der Waals surface area contributed by atoms with Crippen molar-refractivity contribution < 1.29 is 31.0 Å². The molecule has 2 aromatic rings. The van der Waals surface area contributed by atoms with Gasteiger partial charge in [-0.15, -0.1) is 0 Å². The molecule has 24 heavy (non-hydrogen) atoms. The van der Waals surface area contributed by atoms with Gasteiger partial charge in [-0.05, 0) is 11.1 Å². The van der Waals surface area contributed by atoms with Gasteiger partial charge in [0.15, 0.2) is 0 Å². The monoisotopic (exact) mass is 374 g/mol. The van der Waals surface area contributed by atoms with Crippen molar-refractivity contribution in [3.63, 3.8) is 0 Å². The first-order valence-corrected chi connectivity index (χ1v) is 9.86. The predicted octanol–water partition coefficient (Wildman–Crippen LogP) is 1.68. The van der Waals surface area contributed by atoms with E-state index in [-0.39, 0.29) is 5.75 Å². The minimum Gasteiger partial charge on any atom is -0.395 e. The van der Waals surface area contributed by atoms with Crippen molar-refractivity contribution in [3.05, 3.63) is 71.8 Å². The van der Waals surface area contributed by atoms with Crippen molar-refractivity contribution in [2.45, 2.75) is 11.0 Å². The summed E-state index contributed by atoms with van der Waals surface area (Å²) >= 11 is 0. The second-order valence-corrected chi connectivity index (χ2v) is 7.86. The standard InChI is InChI=1S/C8H10O4S.C7H8O3S/c9-6-8(13(10,11)12)7-4-2-1-3-5-7;8-11(9,10)6-7-4-2-1-3-5-7/h1-5,8-9H,6H2,(H,10,11,12);1-5H,6H2,(H,8,9,10)/t8-;/m0./s1. The third kappa shape index (κ3) is 7.66. The van der Waals surface area contributed by atoms with E-state index in [4.69, 9.17) is 14.2 Å². The fraction of sp³-hybridized carbons (Fsp3) is 0.200. The van der Waals surface area contributed by atoms with E-state index in [1.807, 2.05) is 0 Å². The van der Waals surface area contributed by atoms with Crippen LogP contribution >= 0.6 is 0 Å². The van der Waals surface area contributed by atoms with Crippen LogP contribution in [0.1, 0.15) is 16.4 Å². The van der Waals surface area contributed by atoms with E-state index in [2.05, 4.69) is 0 Å². The lowest BCUT2D eigenvalue weighted by Gasteiger charge is -2.10.